The summed E-state index contributed by atoms with van der Waals surface area (Å²) in [6.07, 6.45) is 0.904. The number of nitrogens with one attached hydrogen (secondary N) is 1. The van der Waals surface area contributed by atoms with Gasteiger partial charge in [-0.1, -0.05) is 15.9 Å². The summed E-state index contributed by atoms with van der Waals surface area (Å²) in [4.78, 5) is 7.52. The number of aromatic nitrogens is 3. The first-order chi connectivity index (χ1) is 8.74. The van der Waals surface area contributed by atoms with Crippen molar-refractivity contribution in [2.75, 3.05) is 0 Å². The summed E-state index contributed by atoms with van der Waals surface area (Å²) in [6.45, 7) is 0.851. The second-order valence-electron chi connectivity index (χ2n) is 3.97. The molecule has 0 fully saturated rings. The summed E-state index contributed by atoms with van der Waals surface area (Å²) in [5.41, 5.74) is 5.18. The van der Waals surface area contributed by atoms with E-state index in [0.717, 1.165) is 38.9 Å². The molecule has 0 aliphatic heterocycles. The first kappa shape index (κ1) is 12.1. The van der Waals surface area contributed by atoms with E-state index in [1.54, 1.807) is 11.3 Å². The Morgan fingerprint density at radius 2 is 2.33 bits per heavy atom. The van der Waals surface area contributed by atoms with E-state index in [2.05, 4.69) is 41.9 Å². The van der Waals surface area contributed by atoms with Gasteiger partial charge < -0.3 is 9.55 Å². The molecule has 92 valence electrons. The molecule has 0 unspecified atom stereocenters. The molecule has 2 heterocycles. The van der Waals surface area contributed by atoms with Gasteiger partial charge in [0.15, 0.2) is 4.77 Å². The Bertz CT molecular complexity index is 727. The number of imidazole rings is 1. The first-order valence-corrected chi connectivity index (χ1v) is 7.63. The minimum atomic E-state index is 0.762. The molecule has 0 amide bonds. The summed E-state index contributed by atoms with van der Waals surface area (Å²) in [5.74, 6) is 0. The highest BCUT2D eigenvalue weighted by Crippen LogP contribution is 2.20. The van der Waals surface area contributed by atoms with Gasteiger partial charge in [-0.2, -0.15) is 0 Å². The maximum absolute atomic E-state index is 5.37. The average Bonchev–Trinajstić information content (AvgIpc) is 2.93. The van der Waals surface area contributed by atoms with E-state index in [1.807, 2.05) is 17.6 Å². The van der Waals surface area contributed by atoms with Crippen LogP contribution in [-0.2, 0) is 13.0 Å². The number of rotatable bonds is 3. The lowest BCUT2D eigenvalue weighted by molar-refractivity contribution is 0.697. The molecule has 6 heteroatoms. The van der Waals surface area contributed by atoms with Crippen molar-refractivity contribution in [3.8, 4) is 0 Å². The van der Waals surface area contributed by atoms with Gasteiger partial charge in [-0.05, 0) is 30.4 Å². The third kappa shape index (κ3) is 2.28. The van der Waals surface area contributed by atoms with Gasteiger partial charge in [-0.15, -0.1) is 11.3 Å². The molecule has 0 aliphatic carbocycles. The molecular weight excluding hydrogens is 330 g/mol. The van der Waals surface area contributed by atoms with Gasteiger partial charge in [0.05, 0.1) is 22.2 Å². The number of halogens is 1. The smallest absolute Gasteiger partial charge is 0.178 e. The minimum Gasteiger partial charge on any atom is -0.331 e. The van der Waals surface area contributed by atoms with Crippen LogP contribution in [0.15, 0.2) is 33.6 Å². The van der Waals surface area contributed by atoms with E-state index in [0.29, 0.717) is 0 Å². The third-order valence-corrected chi connectivity index (χ3v) is 4.26. The highest BCUT2D eigenvalue weighted by atomic mass is 79.9. The summed E-state index contributed by atoms with van der Waals surface area (Å²) in [7, 11) is 0. The van der Waals surface area contributed by atoms with Gasteiger partial charge >= 0.3 is 0 Å². The Balaban J connectivity index is 1.96. The topological polar surface area (TPSA) is 33.6 Å². The maximum Gasteiger partial charge on any atom is 0.178 e. The minimum absolute atomic E-state index is 0.762. The lowest BCUT2D eigenvalue weighted by Gasteiger charge is -2.02. The molecule has 0 saturated heterocycles. The fourth-order valence-electron chi connectivity index (χ4n) is 1.95. The van der Waals surface area contributed by atoms with Crippen LogP contribution in [0.1, 0.15) is 5.69 Å². The number of aryl methyl sites for hydroxylation is 2. The summed E-state index contributed by atoms with van der Waals surface area (Å²) < 4.78 is 3.94. The fraction of sp³-hybridized carbons (Fsp3) is 0.167. The van der Waals surface area contributed by atoms with Crippen molar-refractivity contribution < 1.29 is 0 Å². The van der Waals surface area contributed by atoms with E-state index in [9.17, 15) is 0 Å². The van der Waals surface area contributed by atoms with E-state index < -0.39 is 0 Å². The fourth-order valence-corrected chi connectivity index (χ4v) is 3.20. The van der Waals surface area contributed by atoms with Crippen molar-refractivity contribution in [1.29, 1.82) is 0 Å². The molecule has 3 nitrogen and oxygen atoms in total. The van der Waals surface area contributed by atoms with Gasteiger partial charge in [-0.25, -0.2) is 4.98 Å². The zero-order valence-electron chi connectivity index (χ0n) is 9.39. The van der Waals surface area contributed by atoms with Crippen LogP contribution in [0.4, 0.5) is 0 Å². The number of aromatic amines is 1. The highest BCUT2D eigenvalue weighted by molar-refractivity contribution is 9.10. The number of benzene rings is 1. The number of hydrogen-bond donors (Lipinski definition) is 1. The molecular formula is C12H10BrN3S2. The van der Waals surface area contributed by atoms with Crippen LogP contribution in [0.25, 0.3) is 11.0 Å². The normalized spacial score (nSPS) is 11.2. The average molecular weight is 340 g/mol. The highest BCUT2D eigenvalue weighted by Gasteiger charge is 2.05. The van der Waals surface area contributed by atoms with Gasteiger partial charge in [0.2, 0.25) is 0 Å². The molecule has 1 N–H and O–H groups in total. The van der Waals surface area contributed by atoms with Crippen LogP contribution in [-0.4, -0.2) is 14.5 Å². The Morgan fingerprint density at radius 3 is 3.11 bits per heavy atom. The zero-order chi connectivity index (χ0) is 12.5. The van der Waals surface area contributed by atoms with E-state index in [4.69, 9.17) is 12.2 Å². The van der Waals surface area contributed by atoms with Gasteiger partial charge in [0.1, 0.15) is 0 Å². The lowest BCUT2D eigenvalue weighted by Crippen LogP contribution is -2.01. The molecule has 3 rings (SSSR count). The molecule has 0 saturated carbocycles. The van der Waals surface area contributed by atoms with Crippen LogP contribution < -0.4 is 0 Å². The van der Waals surface area contributed by atoms with Crippen LogP contribution in [0.5, 0.6) is 0 Å². The van der Waals surface area contributed by atoms with Crippen molar-refractivity contribution >= 4 is 50.5 Å². The Hall–Kier alpha value is -0.980. The Labute approximate surface area is 122 Å². The standard InChI is InChI=1S/C12H10BrN3S2/c13-8-1-2-11-10(5-8)15-12(17)16(11)4-3-9-6-18-7-14-9/h1-2,5-7H,3-4H2,(H,15,17). The van der Waals surface area contributed by atoms with Crippen LogP contribution in [0.2, 0.25) is 0 Å². The number of H-pyrrole nitrogens is 1. The van der Waals surface area contributed by atoms with Gasteiger partial charge in [0, 0.05) is 22.8 Å². The number of nitrogens with zero attached hydrogens (tertiary/aromatic N) is 2. The molecule has 0 radical (unpaired) electrons. The Kier molecular flexibility index (Phi) is 3.32. The SMILES string of the molecule is S=c1[nH]c2cc(Br)ccc2n1CCc1cscn1. The van der Waals surface area contributed by atoms with E-state index in [1.165, 1.54) is 0 Å². The Morgan fingerprint density at radius 1 is 1.44 bits per heavy atom. The van der Waals surface area contributed by atoms with Crippen molar-refractivity contribution in [3.05, 3.63) is 44.0 Å². The van der Waals surface area contributed by atoms with Crippen molar-refractivity contribution in [2.24, 2.45) is 0 Å². The predicted octanol–water partition coefficient (Wildman–Crippen LogP) is 4.16. The van der Waals surface area contributed by atoms with Crippen molar-refractivity contribution in [2.45, 2.75) is 13.0 Å². The first-order valence-electron chi connectivity index (χ1n) is 5.49. The monoisotopic (exact) mass is 339 g/mol. The number of thiazole rings is 1. The molecule has 0 atom stereocenters. The predicted molar refractivity (Wildman–Crippen MR) is 80.6 cm³/mol. The quantitative estimate of drug-likeness (QED) is 0.727. The number of hydrogen-bond acceptors (Lipinski definition) is 3. The second kappa shape index (κ2) is 4.95. The maximum atomic E-state index is 5.37. The molecule has 0 bridgehead atoms. The van der Waals surface area contributed by atoms with Gasteiger partial charge in [-0.3, -0.25) is 0 Å². The van der Waals surface area contributed by atoms with E-state index >= 15 is 0 Å². The number of fused-ring (bicyclic) bond motifs is 1. The molecule has 2 aromatic heterocycles. The largest absolute Gasteiger partial charge is 0.331 e. The van der Waals surface area contributed by atoms with Crippen LogP contribution in [0.3, 0.4) is 0 Å². The van der Waals surface area contributed by atoms with Crippen LogP contribution in [0, 0.1) is 4.77 Å². The third-order valence-electron chi connectivity index (χ3n) is 2.81. The lowest BCUT2D eigenvalue weighted by atomic mass is 10.3. The van der Waals surface area contributed by atoms with Crippen molar-refractivity contribution in [1.82, 2.24) is 14.5 Å². The van der Waals surface area contributed by atoms with E-state index in [-0.39, 0.29) is 0 Å². The molecule has 1 aromatic carbocycles. The van der Waals surface area contributed by atoms with Crippen molar-refractivity contribution in [3.63, 3.8) is 0 Å². The summed E-state index contributed by atoms with van der Waals surface area (Å²) in [5, 5.41) is 2.08. The molecule has 0 aliphatic rings. The molecule has 18 heavy (non-hydrogen) atoms. The van der Waals surface area contributed by atoms with Gasteiger partial charge in [0.25, 0.3) is 0 Å². The summed E-state index contributed by atoms with van der Waals surface area (Å²) in [6, 6.07) is 6.15. The second-order valence-corrected chi connectivity index (χ2v) is 5.99. The molecule has 3 aromatic rings. The van der Waals surface area contributed by atoms with Crippen LogP contribution >= 0.6 is 39.5 Å². The molecule has 0 spiro atoms. The summed E-state index contributed by atoms with van der Waals surface area (Å²) >= 11 is 10.5. The zero-order valence-corrected chi connectivity index (χ0v) is 12.6.